The summed E-state index contributed by atoms with van der Waals surface area (Å²) in [4.78, 5) is 27.0. The van der Waals surface area contributed by atoms with Crippen LogP contribution in [0.4, 0.5) is 0 Å². The lowest BCUT2D eigenvalue weighted by molar-refractivity contribution is -0.577. The van der Waals surface area contributed by atoms with Gasteiger partial charge in [0, 0.05) is 27.7 Å². The topological polar surface area (TPSA) is 84.2 Å². The Balaban J connectivity index is 1.60. The Hall–Kier alpha value is -3.36. The Kier molecular flexibility index (Phi) is 6.25. The van der Waals surface area contributed by atoms with Crippen LogP contribution < -0.4 is 9.29 Å². The summed E-state index contributed by atoms with van der Waals surface area (Å²) in [6.45, 7) is 0. The van der Waals surface area contributed by atoms with Crippen molar-refractivity contribution >= 4 is 43.2 Å². The van der Waals surface area contributed by atoms with Crippen molar-refractivity contribution in [3.8, 4) is 0 Å². The summed E-state index contributed by atoms with van der Waals surface area (Å²) in [6, 6.07) is 16.4. The Morgan fingerprint density at radius 3 is 2.14 bits per heavy atom. The molecule has 8 heteroatoms. The van der Waals surface area contributed by atoms with E-state index in [4.69, 9.17) is 0 Å². The summed E-state index contributed by atoms with van der Waals surface area (Å²) >= 11 is 3.29. The van der Waals surface area contributed by atoms with Crippen LogP contribution in [0.5, 0.6) is 0 Å². The number of aromatic nitrogens is 1. The molecule has 2 aliphatic carbocycles. The van der Waals surface area contributed by atoms with E-state index in [1.807, 2.05) is 12.1 Å². The van der Waals surface area contributed by atoms with Crippen molar-refractivity contribution in [3.05, 3.63) is 112 Å². The van der Waals surface area contributed by atoms with Crippen LogP contribution in [0, 0.1) is 0 Å². The molecule has 0 saturated carbocycles. The third kappa shape index (κ3) is 4.51. The molecule has 0 saturated heterocycles. The van der Waals surface area contributed by atoms with Crippen molar-refractivity contribution in [3.63, 3.8) is 0 Å². The van der Waals surface area contributed by atoms with Crippen molar-refractivity contribution in [2.75, 3.05) is 0 Å². The van der Waals surface area contributed by atoms with Gasteiger partial charge in [-0.05, 0) is 55.0 Å². The third-order valence-corrected chi connectivity index (χ3v) is 8.20. The summed E-state index contributed by atoms with van der Waals surface area (Å²) in [5.41, 5.74) is 1.26. The van der Waals surface area contributed by atoms with E-state index in [1.54, 1.807) is 42.7 Å². The first-order valence-electron chi connectivity index (χ1n) is 11.2. The van der Waals surface area contributed by atoms with E-state index in [1.165, 1.54) is 22.8 Å². The lowest BCUT2D eigenvalue weighted by Gasteiger charge is -2.19. The van der Waals surface area contributed by atoms with Crippen molar-refractivity contribution < 1.29 is 22.6 Å². The Morgan fingerprint density at radius 2 is 1.51 bits per heavy atom. The van der Waals surface area contributed by atoms with Crippen LogP contribution in [0.25, 0.3) is 5.70 Å². The second-order valence-corrected chi connectivity index (χ2v) is 11.1. The summed E-state index contributed by atoms with van der Waals surface area (Å²) in [7, 11) is -4.12. The van der Waals surface area contributed by atoms with Crippen molar-refractivity contribution in [2.45, 2.75) is 30.1 Å². The number of allylic oxidation sites excluding steroid dienone is 4. The van der Waals surface area contributed by atoms with Gasteiger partial charge in [0.05, 0.1) is 4.90 Å². The van der Waals surface area contributed by atoms with Gasteiger partial charge in [-0.3, -0.25) is 14.3 Å². The number of nitrogens with one attached hydrogen (secondary N) is 1. The van der Waals surface area contributed by atoms with Crippen LogP contribution in [-0.2, 0) is 10.0 Å². The van der Waals surface area contributed by atoms with Crippen LogP contribution in [0.2, 0.25) is 0 Å². The number of benzene rings is 2. The maximum Gasteiger partial charge on any atom is 0.287 e. The zero-order valence-corrected chi connectivity index (χ0v) is 21.1. The standard InChI is InChI=1S/C27H21BrN2O4S/c28-20-10-12-21(13-11-20)35(33,34)29-24-25(27(32)23-9-5-4-8-22(23)26(24)31)30-16-14-19(15-17-30)18-6-2-1-3-7-18/h1-2,4-5,8-18H,3,6-7H2/p+1/t18-/m0/s1. The molecule has 2 aromatic carbocycles. The first kappa shape index (κ1) is 23.4. The van der Waals surface area contributed by atoms with E-state index >= 15 is 0 Å². The van der Waals surface area contributed by atoms with Gasteiger partial charge in [-0.2, -0.15) is 4.57 Å². The number of hydrogen-bond donors (Lipinski definition) is 1. The molecule has 2 aliphatic rings. The van der Waals surface area contributed by atoms with Gasteiger partial charge in [0.15, 0.2) is 18.1 Å². The molecule has 0 aliphatic heterocycles. The molecule has 1 N–H and O–H groups in total. The molecular weight excluding hydrogens is 528 g/mol. The molecule has 176 valence electrons. The van der Waals surface area contributed by atoms with Crippen molar-refractivity contribution in [1.82, 2.24) is 4.72 Å². The monoisotopic (exact) mass is 549 g/mol. The van der Waals surface area contributed by atoms with Gasteiger partial charge in [-0.1, -0.05) is 52.3 Å². The van der Waals surface area contributed by atoms with Gasteiger partial charge in [-0.15, -0.1) is 0 Å². The molecule has 0 amide bonds. The number of carbonyl (C=O) groups excluding carboxylic acids is 2. The maximum atomic E-state index is 13.5. The highest BCUT2D eigenvalue weighted by Gasteiger charge is 2.40. The van der Waals surface area contributed by atoms with E-state index in [-0.39, 0.29) is 27.4 Å². The summed E-state index contributed by atoms with van der Waals surface area (Å²) < 4.78 is 31.0. The molecule has 1 atom stereocenters. The van der Waals surface area contributed by atoms with Crippen LogP contribution in [0.1, 0.15) is 51.5 Å². The van der Waals surface area contributed by atoms with Gasteiger partial charge in [0.1, 0.15) is 0 Å². The fourth-order valence-electron chi connectivity index (χ4n) is 4.47. The highest BCUT2D eigenvalue weighted by atomic mass is 79.9. The first-order valence-corrected chi connectivity index (χ1v) is 13.5. The molecule has 5 rings (SSSR count). The smallest absolute Gasteiger partial charge is 0.287 e. The number of hydrogen-bond acceptors (Lipinski definition) is 4. The molecular formula is C27H22BrN2O4S+. The van der Waals surface area contributed by atoms with E-state index in [2.05, 4.69) is 32.8 Å². The minimum atomic E-state index is -4.12. The van der Waals surface area contributed by atoms with Crippen LogP contribution in [-0.4, -0.2) is 20.0 Å². The number of ketones is 2. The first-order chi connectivity index (χ1) is 16.8. The zero-order chi connectivity index (χ0) is 24.6. The van der Waals surface area contributed by atoms with Crippen molar-refractivity contribution in [2.24, 2.45) is 0 Å². The molecule has 6 nitrogen and oxygen atoms in total. The van der Waals surface area contributed by atoms with E-state index in [0.29, 0.717) is 5.92 Å². The van der Waals surface area contributed by atoms with Gasteiger partial charge < -0.3 is 0 Å². The second-order valence-electron chi connectivity index (χ2n) is 8.51. The fraction of sp³-hybridized carbons (Fsp3) is 0.148. The number of pyridine rings is 1. The van der Waals surface area contributed by atoms with E-state index in [9.17, 15) is 18.0 Å². The normalized spacial score (nSPS) is 17.9. The molecule has 1 heterocycles. The maximum absolute atomic E-state index is 13.5. The average molecular weight is 550 g/mol. The fourth-order valence-corrected chi connectivity index (χ4v) is 5.80. The molecule has 3 aromatic rings. The molecule has 0 spiro atoms. The molecule has 0 bridgehead atoms. The van der Waals surface area contributed by atoms with Crippen LogP contribution in [0.15, 0.2) is 100 Å². The van der Waals surface area contributed by atoms with Crippen LogP contribution >= 0.6 is 15.9 Å². The quantitative estimate of drug-likeness (QED) is 0.366. The lowest BCUT2D eigenvalue weighted by atomic mass is 9.88. The Morgan fingerprint density at radius 1 is 0.857 bits per heavy atom. The highest BCUT2D eigenvalue weighted by molar-refractivity contribution is 9.10. The predicted octanol–water partition coefficient (Wildman–Crippen LogP) is 4.79. The number of halogens is 1. The number of carbonyl (C=O) groups is 2. The van der Waals surface area contributed by atoms with Crippen molar-refractivity contribution in [1.29, 1.82) is 0 Å². The van der Waals surface area contributed by atoms with E-state index < -0.39 is 21.6 Å². The Bertz CT molecular complexity index is 1490. The number of sulfonamides is 1. The molecule has 0 fully saturated rings. The average Bonchev–Trinajstić information content (AvgIpc) is 2.88. The predicted molar refractivity (Wildman–Crippen MR) is 135 cm³/mol. The third-order valence-electron chi connectivity index (χ3n) is 6.31. The Labute approximate surface area is 212 Å². The van der Waals surface area contributed by atoms with Gasteiger partial charge in [0.25, 0.3) is 21.5 Å². The number of fused-ring (bicyclic) bond motifs is 1. The SMILES string of the molecule is O=C1C(NS(=O)(=O)c2ccc(Br)cc2)=C([n+]2ccc([C@H]3CC=CCC3)cc2)C(=O)c2ccccc21. The highest BCUT2D eigenvalue weighted by Crippen LogP contribution is 2.30. The minimum Gasteiger partial charge on any atom is -0.287 e. The van der Waals surface area contributed by atoms with Gasteiger partial charge >= 0.3 is 0 Å². The summed E-state index contributed by atoms with van der Waals surface area (Å²) in [5, 5.41) is 0. The minimum absolute atomic E-state index is 0.0163. The second kappa shape index (κ2) is 9.36. The molecule has 35 heavy (non-hydrogen) atoms. The number of rotatable bonds is 5. The van der Waals surface area contributed by atoms with Crippen LogP contribution in [0.3, 0.4) is 0 Å². The zero-order valence-electron chi connectivity index (χ0n) is 18.6. The lowest BCUT2D eigenvalue weighted by Crippen LogP contribution is -2.44. The number of Topliss-reactive ketones (excluding diaryl/α,β-unsaturated/α-hetero) is 2. The number of nitrogens with zero attached hydrogens (tertiary/aromatic N) is 1. The molecule has 0 radical (unpaired) electrons. The van der Waals surface area contributed by atoms with E-state index in [0.717, 1.165) is 29.3 Å². The molecule has 0 unspecified atom stereocenters. The summed E-state index contributed by atoms with van der Waals surface area (Å²) in [5.74, 6) is -0.583. The largest absolute Gasteiger partial charge is 0.287 e. The van der Waals surface area contributed by atoms with Gasteiger partial charge in [-0.25, -0.2) is 8.42 Å². The van der Waals surface area contributed by atoms with Gasteiger partial charge in [0.2, 0.25) is 5.78 Å². The molecule has 1 aromatic heterocycles. The summed E-state index contributed by atoms with van der Waals surface area (Å²) in [6.07, 6.45) is 10.8.